The summed E-state index contributed by atoms with van der Waals surface area (Å²) >= 11 is 0. The minimum absolute atomic E-state index is 0.349. The van der Waals surface area contributed by atoms with E-state index in [0.29, 0.717) is 25.8 Å². The van der Waals surface area contributed by atoms with Gasteiger partial charge in [-0.3, -0.25) is 4.90 Å². The molecule has 0 radical (unpaired) electrons. The second-order valence-corrected chi connectivity index (χ2v) is 5.93. The summed E-state index contributed by atoms with van der Waals surface area (Å²) in [5, 5.41) is 10.1. The fourth-order valence-corrected chi connectivity index (χ4v) is 2.31. The van der Waals surface area contributed by atoms with Crippen molar-refractivity contribution in [2.75, 3.05) is 19.8 Å². The predicted molar refractivity (Wildman–Crippen MR) is 88.5 cm³/mol. The van der Waals surface area contributed by atoms with Crippen molar-refractivity contribution in [1.29, 1.82) is 0 Å². The Kier molecular flexibility index (Phi) is 7.65. The van der Waals surface area contributed by atoms with Crippen molar-refractivity contribution in [3.63, 3.8) is 0 Å². The molecule has 0 bridgehead atoms. The summed E-state index contributed by atoms with van der Waals surface area (Å²) in [7, 11) is 0. The van der Waals surface area contributed by atoms with Crippen LogP contribution >= 0.6 is 0 Å². The topological polar surface area (TPSA) is 32.7 Å². The van der Waals surface area contributed by atoms with E-state index in [1.807, 2.05) is 0 Å². The lowest BCUT2D eigenvalue weighted by atomic mass is 10.0. The number of aliphatic hydroxyl groups excluding tert-OH is 1. The highest BCUT2D eigenvalue weighted by Gasteiger charge is 2.16. The van der Waals surface area contributed by atoms with E-state index in [4.69, 9.17) is 4.74 Å². The van der Waals surface area contributed by atoms with E-state index in [2.05, 4.69) is 57.4 Å². The second kappa shape index (κ2) is 8.98. The molecule has 0 amide bonds. The maximum atomic E-state index is 10.1. The van der Waals surface area contributed by atoms with Crippen LogP contribution in [0.5, 0.6) is 0 Å². The minimum atomic E-state index is -0.474. The fraction of sp³-hybridized carbons (Fsp3) is 0.556. The van der Waals surface area contributed by atoms with Crippen molar-refractivity contribution in [1.82, 2.24) is 4.90 Å². The number of nitrogens with zero attached hydrogens (tertiary/aromatic N) is 1. The largest absolute Gasteiger partial charge is 0.389 e. The molecule has 0 unspecified atom stereocenters. The first kappa shape index (κ1) is 17.9. The summed E-state index contributed by atoms with van der Waals surface area (Å²) in [5.41, 5.74) is 3.90. The molecule has 0 aromatic heterocycles. The molecule has 1 aromatic carbocycles. The molecule has 1 rings (SSSR count). The zero-order chi connectivity index (χ0) is 15.8. The van der Waals surface area contributed by atoms with Crippen molar-refractivity contribution in [3.05, 3.63) is 47.5 Å². The summed E-state index contributed by atoms with van der Waals surface area (Å²) in [6.45, 7) is 14.5. The van der Waals surface area contributed by atoms with Crippen molar-refractivity contribution in [2.24, 2.45) is 0 Å². The molecule has 0 aliphatic carbocycles. The monoisotopic (exact) mass is 291 g/mol. The van der Waals surface area contributed by atoms with Crippen molar-refractivity contribution >= 4 is 0 Å². The molecule has 118 valence electrons. The SMILES string of the molecule is C=CCOC[C@H](O)CN(Cc1ccc(C)cc1C)C(C)C. The molecular weight excluding hydrogens is 262 g/mol. The normalized spacial score (nSPS) is 12.9. The highest BCUT2D eigenvalue weighted by Crippen LogP contribution is 2.15. The van der Waals surface area contributed by atoms with Gasteiger partial charge in [0.15, 0.2) is 0 Å². The third kappa shape index (κ3) is 6.42. The molecule has 1 atom stereocenters. The molecular formula is C18H29NO2. The summed E-state index contributed by atoms with van der Waals surface area (Å²) in [5.74, 6) is 0. The number of rotatable bonds is 9. The van der Waals surface area contributed by atoms with E-state index in [9.17, 15) is 5.11 Å². The quantitative estimate of drug-likeness (QED) is 0.560. The van der Waals surface area contributed by atoms with Crippen LogP contribution in [0.1, 0.15) is 30.5 Å². The average Bonchev–Trinajstić information content (AvgIpc) is 2.41. The molecule has 0 saturated carbocycles. The Bertz CT molecular complexity index is 443. The van der Waals surface area contributed by atoms with Crippen LogP contribution in [0.25, 0.3) is 0 Å². The summed E-state index contributed by atoms with van der Waals surface area (Å²) in [6, 6.07) is 6.91. The standard InChI is InChI=1S/C18H29NO2/c1-6-9-21-13-18(20)12-19(14(2)3)11-17-8-7-15(4)10-16(17)5/h6-8,10,14,18,20H,1,9,11-13H2,2-5H3/t18-/m1/s1. The molecule has 21 heavy (non-hydrogen) atoms. The molecule has 0 fully saturated rings. The van der Waals surface area contributed by atoms with Crippen LogP contribution in [-0.4, -0.2) is 41.9 Å². The number of benzene rings is 1. The Morgan fingerprint density at radius 2 is 2.05 bits per heavy atom. The Morgan fingerprint density at radius 1 is 1.33 bits per heavy atom. The van der Waals surface area contributed by atoms with Crippen LogP contribution in [0.3, 0.4) is 0 Å². The van der Waals surface area contributed by atoms with Crippen LogP contribution in [0, 0.1) is 13.8 Å². The third-order valence-electron chi connectivity index (χ3n) is 3.59. The summed E-state index contributed by atoms with van der Waals surface area (Å²) in [6.07, 6.45) is 1.22. The van der Waals surface area contributed by atoms with Crippen LogP contribution in [0.15, 0.2) is 30.9 Å². The zero-order valence-corrected chi connectivity index (χ0v) is 13.8. The maximum absolute atomic E-state index is 10.1. The molecule has 3 heteroatoms. The molecule has 0 aliphatic heterocycles. The number of hydrogen-bond donors (Lipinski definition) is 1. The van der Waals surface area contributed by atoms with Gasteiger partial charge in [0.25, 0.3) is 0 Å². The lowest BCUT2D eigenvalue weighted by molar-refractivity contribution is 0.0178. The van der Waals surface area contributed by atoms with Crippen molar-refractivity contribution < 1.29 is 9.84 Å². The molecule has 1 N–H and O–H groups in total. The summed E-state index contributed by atoms with van der Waals surface area (Å²) < 4.78 is 5.32. The van der Waals surface area contributed by atoms with Gasteiger partial charge in [0, 0.05) is 19.1 Å². The number of aryl methyl sites for hydroxylation is 2. The molecule has 1 aromatic rings. The highest BCUT2D eigenvalue weighted by molar-refractivity contribution is 5.30. The van der Waals surface area contributed by atoms with E-state index < -0.39 is 6.10 Å². The molecule has 0 heterocycles. The number of hydrogen-bond acceptors (Lipinski definition) is 3. The second-order valence-electron chi connectivity index (χ2n) is 5.93. The summed E-state index contributed by atoms with van der Waals surface area (Å²) in [4.78, 5) is 2.28. The Labute approximate surface area is 129 Å². The van der Waals surface area contributed by atoms with Crippen molar-refractivity contribution in [2.45, 2.75) is 46.4 Å². The van der Waals surface area contributed by atoms with E-state index in [1.54, 1.807) is 6.08 Å². The molecule has 3 nitrogen and oxygen atoms in total. The Hall–Kier alpha value is -1.16. The first-order valence-electron chi connectivity index (χ1n) is 7.61. The third-order valence-corrected chi connectivity index (χ3v) is 3.59. The fourth-order valence-electron chi connectivity index (χ4n) is 2.31. The van der Waals surface area contributed by atoms with Gasteiger partial charge in [-0.1, -0.05) is 29.8 Å². The smallest absolute Gasteiger partial charge is 0.0900 e. The van der Waals surface area contributed by atoms with Gasteiger partial charge in [0.2, 0.25) is 0 Å². The highest BCUT2D eigenvalue weighted by atomic mass is 16.5. The Balaban J connectivity index is 2.62. The van der Waals surface area contributed by atoms with Crippen LogP contribution in [-0.2, 0) is 11.3 Å². The van der Waals surface area contributed by atoms with Gasteiger partial charge in [0.1, 0.15) is 0 Å². The number of ether oxygens (including phenoxy) is 1. The molecule has 0 spiro atoms. The first-order valence-corrected chi connectivity index (χ1v) is 7.61. The van der Waals surface area contributed by atoms with Crippen molar-refractivity contribution in [3.8, 4) is 0 Å². The lowest BCUT2D eigenvalue weighted by Gasteiger charge is -2.29. The van der Waals surface area contributed by atoms with Gasteiger partial charge in [-0.05, 0) is 38.8 Å². The van der Waals surface area contributed by atoms with Gasteiger partial charge in [-0.2, -0.15) is 0 Å². The predicted octanol–water partition coefficient (Wildman–Crippen LogP) is 3.08. The van der Waals surface area contributed by atoms with E-state index in [-0.39, 0.29) is 0 Å². The molecule has 0 saturated heterocycles. The van der Waals surface area contributed by atoms with E-state index >= 15 is 0 Å². The van der Waals surface area contributed by atoms with Gasteiger partial charge < -0.3 is 9.84 Å². The lowest BCUT2D eigenvalue weighted by Crippen LogP contribution is -2.39. The van der Waals surface area contributed by atoms with Gasteiger partial charge >= 0.3 is 0 Å². The van der Waals surface area contributed by atoms with Gasteiger partial charge in [0.05, 0.1) is 19.3 Å². The van der Waals surface area contributed by atoms with Gasteiger partial charge in [-0.25, -0.2) is 0 Å². The van der Waals surface area contributed by atoms with Gasteiger partial charge in [-0.15, -0.1) is 6.58 Å². The zero-order valence-electron chi connectivity index (χ0n) is 13.8. The van der Waals surface area contributed by atoms with Crippen LogP contribution in [0.4, 0.5) is 0 Å². The molecule has 0 aliphatic rings. The Morgan fingerprint density at radius 3 is 2.62 bits per heavy atom. The van der Waals surface area contributed by atoms with Crippen LogP contribution < -0.4 is 0 Å². The van der Waals surface area contributed by atoms with E-state index in [1.165, 1.54) is 16.7 Å². The van der Waals surface area contributed by atoms with E-state index in [0.717, 1.165) is 6.54 Å². The van der Waals surface area contributed by atoms with Crippen LogP contribution in [0.2, 0.25) is 0 Å². The minimum Gasteiger partial charge on any atom is -0.389 e. The average molecular weight is 291 g/mol. The number of aliphatic hydroxyl groups is 1. The maximum Gasteiger partial charge on any atom is 0.0900 e. The first-order chi connectivity index (χ1) is 9.93.